The summed E-state index contributed by atoms with van der Waals surface area (Å²) in [5, 5.41) is 2.52. The number of methoxy groups -OCH3 is 1. The number of nitrogens with one attached hydrogen (secondary N) is 1. The maximum atomic E-state index is 12.9. The Balaban J connectivity index is 1.65. The van der Waals surface area contributed by atoms with E-state index >= 15 is 0 Å². The predicted octanol–water partition coefficient (Wildman–Crippen LogP) is 2.33. The van der Waals surface area contributed by atoms with Gasteiger partial charge >= 0.3 is 5.97 Å². The maximum Gasteiger partial charge on any atom is 0.326 e. The lowest BCUT2D eigenvalue weighted by Gasteiger charge is -2.23. The number of para-hydroxylation sites is 1. The molecule has 0 radical (unpaired) electrons. The normalized spacial score (nSPS) is 14.2. The summed E-state index contributed by atoms with van der Waals surface area (Å²) in [6.07, 6.45) is 0.858. The van der Waals surface area contributed by atoms with Crippen LogP contribution in [0.2, 0.25) is 0 Å². The lowest BCUT2D eigenvalue weighted by Crippen LogP contribution is -2.37. The molecule has 2 aromatic carbocycles. The summed E-state index contributed by atoms with van der Waals surface area (Å²) in [5.41, 5.74) is 0.921. The number of amides is 2. The van der Waals surface area contributed by atoms with E-state index in [2.05, 4.69) is 5.32 Å². The standard InChI is InChI=1S/C22H24N2O5/c1-28-18-12-6-5-11-17(18)21(26)23-15-19(25)29-20(16-9-3-2-4-10-16)22(27)24-13-7-8-14-24/h2-6,9-12,20H,7-8,13-15H2,1H3,(H,23,26). The van der Waals surface area contributed by atoms with Gasteiger partial charge in [0.25, 0.3) is 11.8 Å². The molecule has 29 heavy (non-hydrogen) atoms. The summed E-state index contributed by atoms with van der Waals surface area (Å²) in [6, 6.07) is 15.6. The van der Waals surface area contributed by atoms with Crippen molar-refractivity contribution in [2.24, 2.45) is 0 Å². The molecule has 1 N–H and O–H groups in total. The molecule has 1 fully saturated rings. The first kappa shape index (κ1) is 20.4. The Morgan fingerprint density at radius 3 is 2.34 bits per heavy atom. The van der Waals surface area contributed by atoms with Crippen LogP contribution in [0.5, 0.6) is 5.75 Å². The first-order valence-corrected chi connectivity index (χ1v) is 9.54. The van der Waals surface area contributed by atoms with E-state index in [1.807, 2.05) is 6.07 Å². The molecule has 1 unspecified atom stereocenters. The minimum absolute atomic E-state index is 0.238. The molecule has 1 aliphatic rings. The first-order chi connectivity index (χ1) is 14.1. The Hall–Kier alpha value is -3.35. The van der Waals surface area contributed by atoms with Crippen LogP contribution in [-0.2, 0) is 14.3 Å². The van der Waals surface area contributed by atoms with Gasteiger partial charge in [0.15, 0.2) is 0 Å². The lowest BCUT2D eigenvalue weighted by molar-refractivity contribution is -0.159. The van der Waals surface area contributed by atoms with E-state index in [1.165, 1.54) is 7.11 Å². The van der Waals surface area contributed by atoms with Crippen molar-refractivity contribution >= 4 is 17.8 Å². The second kappa shape index (κ2) is 9.73. The Labute approximate surface area is 169 Å². The van der Waals surface area contributed by atoms with Crippen molar-refractivity contribution in [3.8, 4) is 5.75 Å². The lowest BCUT2D eigenvalue weighted by atomic mass is 10.1. The van der Waals surface area contributed by atoms with Crippen LogP contribution in [0.15, 0.2) is 54.6 Å². The number of esters is 1. The first-order valence-electron chi connectivity index (χ1n) is 9.54. The maximum absolute atomic E-state index is 12.9. The van der Waals surface area contributed by atoms with E-state index in [1.54, 1.807) is 53.4 Å². The molecule has 0 spiro atoms. The quantitative estimate of drug-likeness (QED) is 0.726. The van der Waals surface area contributed by atoms with Gasteiger partial charge < -0.3 is 19.7 Å². The zero-order valence-corrected chi connectivity index (χ0v) is 16.3. The number of rotatable bonds is 7. The molecular weight excluding hydrogens is 372 g/mol. The molecule has 3 rings (SSSR count). The van der Waals surface area contributed by atoms with Gasteiger partial charge in [-0.1, -0.05) is 42.5 Å². The van der Waals surface area contributed by atoms with Crippen LogP contribution in [0, 0.1) is 0 Å². The molecule has 1 heterocycles. The van der Waals surface area contributed by atoms with Crippen molar-refractivity contribution in [1.82, 2.24) is 10.2 Å². The summed E-state index contributed by atoms with van der Waals surface area (Å²) in [7, 11) is 1.47. The van der Waals surface area contributed by atoms with Gasteiger partial charge in [0.05, 0.1) is 12.7 Å². The molecule has 1 saturated heterocycles. The second-order valence-corrected chi connectivity index (χ2v) is 6.70. The average Bonchev–Trinajstić information content (AvgIpc) is 3.31. The van der Waals surface area contributed by atoms with Crippen molar-refractivity contribution in [1.29, 1.82) is 0 Å². The number of benzene rings is 2. The molecule has 152 valence electrons. The third-order valence-corrected chi connectivity index (χ3v) is 4.74. The molecule has 2 aromatic rings. The van der Waals surface area contributed by atoms with Gasteiger partial charge in [-0.2, -0.15) is 0 Å². The second-order valence-electron chi connectivity index (χ2n) is 6.70. The minimum atomic E-state index is -1.02. The highest BCUT2D eigenvalue weighted by atomic mass is 16.5. The number of carbonyl (C=O) groups excluding carboxylic acids is 3. The Bertz CT molecular complexity index is 863. The molecule has 0 bridgehead atoms. The Kier molecular flexibility index (Phi) is 6.84. The van der Waals surface area contributed by atoms with Crippen molar-refractivity contribution in [3.63, 3.8) is 0 Å². The van der Waals surface area contributed by atoms with Gasteiger partial charge in [-0.3, -0.25) is 14.4 Å². The third kappa shape index (κ3) is 5.13. The largest absolute Gasteiger partial charge is 0.496 e. The molecule has 0 aromatic heterocycles. The summed E-state index contributed by atoms with van der Waals surface area (Å²) < 4.78 is 10.6. The Morgan fingerprint density at radius 2 is 1.66 bits per heavy atom. The number of nitrogens with zero attached hydrogens (tertiary/aromatic N) is 1. The molecule has 0 aliphatic carbocycles. The molecule has 0 saturated carbocycles. The molecular formula is C22H24N2O5. The van der Waals surface area contributed by atoms with Crippen LogP contribution in [0.3, 0.4) is 0 Å². The average molecular weight is 396 g/mol. The monoisotopic (exact) mass is 396 g/mol. The van der Waals surface area contributed by atoms with Crippen molar-refractivity contribution < 1.29 is 23.9 Å². The van der Waals surface area contributed by atoms with Crippen LogP contribution in [-0.4, -0.2) is 49.4 Å². The van der Waals surface area contributed by atoms with Crippen LogP contribution >= 0.6 is 0 Å². The van der Waals surface area contributed by atoms with Gasteiger partial charge in [0.1, 0.15) is 12.3 Å². The fourth-order valence-electron chi connectivity index (χ4n) is 3.25. The predicted molar refractivity (Wildman–Crippen MR) is 106 cm³/mol. The fraction of sp³-hybridized carbons (Fsp3) is 0.318. The summed E-state index contributed by atoms with van der Waals surface area (Å²) in [5.74, 6) is -0.973. The topological polar surface area (TPSA) is 84.9 Å². The highest BCUT2D eigenvalue weighted by Gasteiger charge is 2.31. The number of hydrogen-bond acceptors (Lipinski definition) is 5. The van der Waals surface area contributed by atoms with E-state index in [9.17, 15) is 14.4 Å². The number of likely N-dealkylation sites (tertiary alicyclic amines) is 1. The molecule has 7 nitrogen and oxygen atoms in total. The van der Waals surface area contributed by atoms with Gasteiger partial charge in [-0.15, -0.1) is 0 Å². The molecule has 7 heteroatoms. The Morgan fingerprint density at radius 1 is 1.00 bits per heavy atom. The molecule has 1 aliphatic heterocycles. The van der Waals surface area contributed by atoms with Crippen molar-refractivity contribution in [2.45, 2.75) is 18.9 Å². The zero-order valence-electron chi connectivity index (χ0n) is 16.3. The number of hydrogen-bond donors (Lipinski definition) is 1. The highest BCUT2D eigenvalue weighted by Crippen LogP contribution is 2.23. The van der Waals surface area contributed by atoms with Gasteiger partial charge in [0, 0.05) is 18.7 Å². The molecule has 1 atom stereocenters. The van der Waals surface area contributed by atoms with Gasteiger partial charge in [-0.05, 0) is 25.0 Å². The van der Waals surface area contributed by atoms with E-state index in [0.29, 0.717) is 30.0 Å². The minimum Gasteiger partial charge on any atom is -0.496 e. The van der Waals surface area contributed by atoms with Crippen LogP contribution in [0.1, 0.15) is 34.9 Å². The number of carbonyl (C=O) groups is 3. The smallest absolute Gasteiger partial charge is 0.326 e. The van der Waals surface area contributed by atoms with E-state index in [0.717, 1.165) is 12.8 Å². The van der Waals surface area contributed by atoms with Gasteiger partial charge in [-0.25, -0.2) is 0 Å². The zero-order chi connectivity index (χ0) is 20.6. The highest BCUT2D eigenvalue weighted by molar-refractivity contribution is 5.98. The van der Waals surface area contributed by atoms with E-state index in [4.69, 9.17) is 9.47 Å². The fourth-order valence-corrected chi connectivity index (χ4v) is 3.25. The summed E-state index contributed by atoms with van der Waals surface area (Å²) >= 11 is 0. The van der Waals surface area contributed by atoms with Crippen LogP contribution < -0.4 is 10.1 Å². The van der Waals surface area contributed by atoms with Crippen molar-refractivity contribution in [3.05, 3.63) is 65.7 Å². The summed E-state index contributed by atoms with van der Waals surface area (Å²) in [6.45, 7) is 0.960. The summed E-state index contributed by atoms with van der Waals surface area (Å²) in [4.78, 5) is 39.3. The van der Waals surface area contributed by atoms with Crippen LogP contribution in [0.25, 0.3) is 0 Å². The van der Waals surface area contributed by atoms with E-state index < -0.39 is 18.0 Å². The van der Waals surface area contributed by atoms with E-state index in [-0.39, 0.29) is 12.5 Å². The SMILES string of the molecule is COc1ccccc1C(=O)NCC(=O)OC(C(=O)N1CCCC1)c1ccccc1. The van der Waals surface area contributed by atoms with Gasteiger partial charge in [0.2, 0.25) is 6.10 Å². The van der Waals surface area contributed by atoms with Crippen LogP contribution in [0.4, 0.5) is 0 Å². The third-order valence-electron chi connectivity index (χ3n) is 4.74. The molecule has 2 amide bonds. The van der Waals surface area contributed by atoms with Crippen molar-refractivity contribution in [2.75, 3.05) is 26.7 Å². The number of ether oxygens (including phenoxy) is 2.